The van der Waals surface area contributed by atoms with Crippen molar-refractivity contribution in [2.75, 3.05) is 44.3 Å². The molecule has 5 rings (SSSR count). The van der Waals surface area contributed by atoms with E-state index in [1.54, 1.807) is 7.11 Å². The first-order chi connectivity index (χ1) is 17.6. The summed E-state index contributed by atoms with van der Waals surface area (Å²) in [5.74, 6) is 2.79. The lowest BCUT2D eigenvalue weighted by molar-refractivity contribution is 0.210. The molecular formula is C28H41N7O. The highest BCUT2D eigenvalue weighted by molar-refractivity contribution is 5.87. The number of rotatable bonds is 10. The minimum atomic E-state index is 0.299. The second-order valence-electron chi connectivity index (χ2n) is 10.5. The van der Waals surface area contributed by atoms with Crippen molar-refractivity contribution in [3.8, 4) is 5.75 Å². The van der Waals surface area contributed by atoms with E-state index in [4.69, 9.17) is 10.5 Å². The fourth-order valence-corrected chi connectivity index (χ4v) is 5.80. The number of benzene rings is 1. The third-order valence-corrected chi connectivity index (χ3v) is 7.65. The summed E-state index contributed by atoms with van der Waals surface area (Å²) in [6, 6.07) is 9.32. The Hall–Kier alpha value is -2.84. The Labute approximate surface area is 214 Å². The quantitative estimate of drug-likeness (QED) is 0.365. The van der Waals surface area contributed by atoms with Gasteiger partial charge in [-0.1, -0.05) is 38.3 Å². The monoisotopic (exact) mass is 491 g/mol. The zero-order valence-corrected chi connectivity index (χ0v) is 21.8. The summed E-state index contributed by atoms with van der Waals surface area (Å²) < 4.78 is 8.06. The van der Waals surface area contributed by atoms with Crippen molar-refractivity contribution >= 4 is 22.8 Å². The lowest BCUT2D eigenvalue weighted by Gasteiger charge is -2.28. The highest BCUT2D eigenvalue weighted by Crippen LogP contribution is 2.28. The maximum atomic E-state index is 6.00. The van der Waals surface area contributed by atoms with Crippen LogP contribution in [-0.2, 0) is 13.1 Å². The number of unbranched alkanes of at least 4 members (excludes halogenated alkanes) is 2. The maximum absolute atomic E-state index is 6.00. The van der Waals surface area contributed by atoms with Gasteiger partial charge in [-0.3, -0.25) is 4.90 Å². The molecule has 2 atom stereocenters. The first-order valence-electron chi connectivity index (χ1n) is 13.6. The summed E-state index contributed by atoms with van der Waals surface area (Å²) in [5, 5.41) is 7.25. The molecule has 1 aromatic carbocycles. The van der Waals surface area contributed by atoms with Gasteiger partial charge in [0.05, 0.1) is 19.2 Å². The Kier molecular flexibility index (Phi) is 7.92. The van der Waals surface area contributed by atoms with E-state index in [1.807, 2.05) is 6.07 Å². The highest BCUT2D eigenvalue weighted by atomic mass is 16.5. The predicted octanol–water partition coefficient (Wildman–Crippen LogP) is 4.25. The lowest BCUT2D eigenvalue weighted by Crippen LogP contribution is -2.37. The fraction of sp³-hybridized carbons (Fsp3) is 0.571. The minimum Gasteiger partial charge on any atom is -0.496 e. The Bertz CT molecular complexity index is 1150. The molecule has 8 heteroatoms. The van der Waals surface area contributed by atoms with Crippen LogP contribution >= 0.6 is 0 Å². The molecule has 194 valence electrons. The molecule has 3 aromatic rings. The second kappa shape index (κ2) is 11.5. The van der Waals surface area contributed by atoms with Gasteiger partial charge in [-0.15, -0.1) is 0 Å². The SMILES string of the molecule is CCCCCNc1nc(N)nc2ccn(Cc3ccc(CN4CC5CCCC(C4)NC5)cc3OC)c12. The Balaban J connectivity index is 1.34. The van der Waals surface area contributed by atoms with Gasteiger partial charge in [0.1, 0.15) is 11.3 Å². The topological polar surface area (TPSA) is 93.3 Å². The molecule has 4 N–H and O–H groups in total. The van der Waals surface area contributed by atoms with Gasteiger partial charge in [0.25, 0.3) is 0 Å². The standard InChI is InChI=1S/C28H41N7O/c1-3-4-5-12-30-27-26-24(32-28(29)33-27)11-13-35(26)18-22-10-9-20(14-25(22)36-2)16-34-17-21-7-6-8-23(19-34)31-15-21/h9-11,13-14,21,23,31H,3-8,12,15-19H2,1-2H3,(H3,29,30,32,33). The number of hydrogen-bond acceptors (Lipinski definition) is 7. The molecule has 0 spiro atoms. The summed E-state index contributed by atoms with van der Waals surface area (Å²) in [6.07, 6.45) is 9.55. The summed E-state index contributed by atoms with van der Waals surface area (Å²) in [6.45, 7) is 8.21. The van der Waals surface area contributed by atoms with Crippen LogP contribution in [0.3, 0.4) is 0 Å². The van der Waals surface area contributed by atoms with Crippen LogP contribution < -0.4 is 21.1 Å². The Morgan fingerprint density at radius 1 is 1.14 bits per heavy atom. The molecule has 8 nitrogen and oxygen atoms in total. The predicted molar refractivity (Wildman–Crippen MR) is 146 cm³/mol. The lowest BCUT2D eigenvalue weighted by atomic mass is 9.99. The number of hydrogen-bond donors (Lipinski definition) is 3. The van der Waals surface area contributed by atoms with Crippen LogP contribution in [0.2, 0.25) is 0 Å². The van der Waals surface area contributed by atoms with Crippen molar-refractivity contribution in [1.29, 1.82) is 0 Å². The van der Waals surface area contributed by atoms with E-state index >= 15 is 0 Å². The van der Waals surface area contributed by atoms with Gasteiger partial charge < -0.3 is 25.7 Å². The first-order valence-corrected chi connectivity index (χ1v) is 13.6. The number of ether oxygens (including phenoxy) is 1. The zero-order valence-electron chi connectivity index (χ0n) is 21.8. The van der Waals surface area contributed by atoms with Gasteiger partial charge in [0, 0.05) is 44.0 Å². The largest absolute Gasteiger partial charge is 0.496 e. The third-order valence-electron chi connectivity index (χ3n) is 7.65. The molecule has 2 aliphatic rings. The van der Waals surface area contributed by atoms with Gasteiger partial charge in [-0.05, 0) is 49.4 Å². The molecular weight excluding hydrogens is 450 g/mol. The number of methoxy groups -OCH3 is 1. The van der Waals surface area contributed by atoms with E-state index in [-0.39, 0.29) is 0 Å². The number of likely N-dealkylation sites (tertiary alicyclic amines) is 1. The van der Waals surface area contributed by atoms with Crippen LogP contribution in [0, 0.1) is 5.92 Å². The van der Waals surface area contributed by atoms with E-state index in [9.17, 15) is 0 Å². The number of nitrogen functional groups attached to an aromatic ring is 1. The molecule has 4 heterocycles. The van der Waals surface area contributed by atoms with E-state index in [0.717, 1.165) is 60.1 Å². The molecule has 2 unspecified atom stereocenters. The van der Waals surface area contributed by atoms with Crippen molar-refractivity contribution in [3.63, 3.8) is 0 Å². The van der Waals surface area contributed by atoms with Gasteiger partial charge in [0.2, 0.25) is 5.95 Å². The summed E-state index contributed by atoms with van der Waals surface area (Å²) in [4.78, 5) is 11.6. The number of fused-ring (bicyclic) bond motifs is 4. The molecule has 0 amide bonds. The van der Waals surface area contributed by atoms with Crippen LogP contribution in [-0.4, -0.2) is 58.8 Å². The molecule has 2 fully saturated rings. The number of anilines is 2. The number of nitrogens with one attached hydrogen (secondary N) is 2. The molecule has 2 aromatic heterocycles. The van der Waals surface area contributed by atoms with Crippen LogP contribution in [0.5, 0.6) is 5.75 Å². The van der Waals surface area contributed by atoms with Crippen molar-refractivity contribution < 1.29 is 4.74 Å². The van der Waals surface area contributed by atoms with E-state index in [2.05, 4.69) is 61.4 Å². The molecule has 2 saturated heterocycles. The average Bonchev–Trinajstić information content (AvgIpc) is 3.01. The van der Waals surface area contributed by atoms with E-state index < -0.39 is 0 Å². The van der Waals surface area contributed by atoms with Gasteiger partial charge in [0.15, 0.2) is 5.82 Å². The fourth-order valence-electron chi connectivity index (χ4n) is 5.80. The second-order valence-corrected chi connectivity index (χ2v) is 10.5. The number of nitrogens with zero attached hydrogens (tertiary/aromatic N) is 4. The molecule has 0 saturated carbocycles. The smallest absolute Gasteiger partial charge is 0.222 e. The maximum Gasteiger partial charge on any atom is 0.222 e. The van der Waals surface area contributed by atoms with Gasteiger partial charge >= 0.3 is 0 Å². The van der Waals surface area contributed by atoms with Crippen molar-refractivity contribution in [2.24, 2.45) is 5.92 Å². The number of aromatic nitrogens is 3. The number of nitrogens with two attached hydrogens (primary N) is 1. The Morgan fingerprint density at radius 3 is 2.92 bits per heavy atom. The Morgan fingerprint density at radius 2 is 2.06 bits per heavy atom. The van der Waals surface area contributed by atoms with Crippen molar-refractivity contribution in [1.82, 2.24) is 24.8 Å². The van der Waals surface area contributed by atoms with Gasteiger partial charge in [-0.25, -0.2) is 4.98 Å². The van der Waals surface area contributed by atoms with Crippen LogP contribution in [0.25, 0.3) is 11.0 Å². The molecule has 36 heavy (non-hydrogen) atoms. The molecule has 0 radical (unpaired) electrons. The van der Waals surface area contributed by atoms with Crippen LogP contribution in [0.15, 0.2) is 30.5 Å². The van der Waals surface area contributed by atoms with Crippen molar-refractivity contribution in [2.45, 2.75) is 64.6 Å². The molecule has 2 bridgehead atoms. The summed E-state index contributed by atoms with van der Waals surface area (Å²) in [5.41, 5.74) is 10.3. The third kappa shape index (κ3) is 5.76. The van der Waals surface area contributed by atoms with E-state index in [1.165, 1.54) is 50.8 Å². The van der Waals surface area contributed by atoms with Crippen LogP contribution in [0.1, 0.15) is 56.6 Å². The average molecular weight is 492 g/mol. The summed E-state index contributed by atoms with van der Waals surface area (Å²) in [7, 11) is 1.77. The first kappa shape index (κ1) is 24.8. The van der Waals surface area contributed by atoms with Crippen molar-refractivity contribution in [3.05, 3.63) is 41.6 Å². The molecule has 0 aliphatic carbocycles. The highest BCUT2D eigenvalue weighted by Gasteiger charge is 2.27. The normalized spacial score (nSPS) is 20.4. The van der Waals surface area contributed by atoms with E-state index in [0.29, 0.717) is 18.5 Å². The molecule has 2 aliphatic heterocycles. The minimum absolute atomic E-state index is 0.299. The summed E-state index contributed by atoms with van der Waals surface area (Å²) >= 11 is 0. The van der Waals surface area contributed by atoms with Crippen LogP contribution in [0.4, 0.5) is 11.8 Å². The van der Waals surface area contributed by atoms with Gasteiger partial charge in [-0.2, -0.15) is 4.98 Å². The zero-order chi connectivity index (χ0) is 24.9.